The van der Waals surface area contributed by atoms with Gasteiger partial charge in [0.1, 0.15) is 11.5 Å². The number of aryl methyl sites for hydroxylation is 1. The van der Waals surface area contributed by atoms with E-state index in [1.807, 2.05) is 16.7 Å². The zero-order valence-corrected chi connectivity index (χ0v) is 8.90. The van der Waals surface area contributed by atoms with Crippen LogP contribution in [0.2, 0.25) is 0 Å². The fourth-order valence-corrected chi connectivity index (χ4v) is 2.22. The van der Waals surface area contributed by atoms with Crippen molar-refractivity contribution < 1.29 is 0 Å². The van der Waals surface area contributed by atoms with Crippen LogP contribution in [0.25, 0.3) is 5.65 Å². The molecule has 3 nitrogen and oxygen atoms in total. The lowest BCUT2D eigenvalue weighted by Crippen LogP contribution is -2.11. The molecule has 1 aliphatic carbocycles. The van der Waals surface area contributed by atoms with Gasteiger partial charge in [-0.25, -0.2) is 4.98 Å². The van der Waals surface area contributed by atoms with E-state index in [2.05, 4.69) is 18.0 Å². The quantitative estimate of drug-likeness (QED) is 0.770. The van der Waals surface area contributed by atoms with Gasteiger partial charge in [0.2, 0.25) is 0 Å². The number of nitrogens with zero attached hydrogens (tertiary/aromatic N) is 2. The van der Waals surface area contributed by atoms with Crippen molar-refractivity contribution in [2.24, 2.45) is 0 Å². The SMILES string of the molecule is Cc1cccn2c(N)c(C3CCC3)nc12. The maximum atomic E-state index is 6.12. The minimum Gasteiger partial charge on any atom is -0.383 e. The summed E-state index contributed by atoms with van der Waals surface area (Å²) in [6, 6.07) is 4.09. The van der Waals surface area contributed by atoms with Crippen molar-refractivity contribution in [3.63, 3.8) is 0 Å². The Kier molecular flexibility index (Phi) is 1.75. The summed E-state index contributed by atoms with van der Waals surface area (Å²) >= 11 is 0. The van der Waals surface area contributed by atoms with Gasteiger partial charge in [0.15, 0.2) is 0 Å². The number of nitrogens with two attached hydrogens (primary N) is 1. The first-order valence-corrected chi connectivity index (χ1v) is 5.50. The lowest BCUT2D eigenvalue weighted by atomic mass is 9.83. The van der Waals surface area contributed by atoms with Gasteiger partial charge in [0, 0.05) is 12.1 Å². The summed E-state index contributed by atoms with van der Waals surface area (Å²) in [6.07, 6.45) is 5.80. The molecule has 78 valence electrons. The van der Waals surface area contributed by atoms with E-state index in [-0.39, 0.29) is 0 Å². The van der Waals surface area contributed by atoms with Crippen LogP contribution in [-0.2, 0) is 0 Å². The highest BCUT2D eigenvalue weighted by atomic mass is 15.1. The third-order valence-corrected chi connectivity index (χ3v) is 3.40. The summed E-state index contributed by atoms with van der Waals surface area (Å²) in [4.78, 5) is 4.67. The molecule has 0 radical (unpaired) electrons. The molecular weight excluding hydrogens is 186 g/mol. The molecule has 0 unspecified atom stereocenters. The molecule has 2 aromatic heterocycles. The van der Waals surface area contributed by atoms with Crippen molar-refractivity contribution in [3.8, 4) is 0 Å². The summed E-state index contributed by atoms with van der Waals surface area (Å²) < 4.78 is 2.00. The summed E-state index contributed by atoms with van der Waals surface area (Å²) in [6.45, 7) is 2.08. The predicted octanol–water partition coefficient (Wildman–Crippen LogP) is 2.49. The number of nitrogen functional groups attached to an aromatic ring is 1. The number of hydrogen-bond acceptors (Lipinski definition) is 2. The molecule has 1 fully saturated rings. The zero-order valence-electron chi connectivity index (χ0n) is 8.90. The number of anilines is 1. The van der Waals surface area contributed by atoms with Crippen LogP contribution >= 0.6 is 0 Å². The Hall–Kier alpha value is -1.51. The number of rotatable bonds is 1. The Morgan fingerprint density at radius 1 is 1.47 bits per heavy atom. The van der Waals surface area contributed by atoms with Gasteiger partial charge in [-0.1, -0.05) is 12.5 Å². The van der Waals surface area contributed by atoms with E-state index in [0.717, 1.165) is 17.2 Å². The van der Waals surface area contributed by atoms with Crippen molar-refractivity contribution in [1.29, 1.82) is 0 Å². The predicted molar refractivity (Wildman–Crippen MR) is 60.9 cm³/mol. The first kappa shape index (κ1) is 8.77. The van der Waals surface area contributed by atoms with Crippen molar-refractivity contribution in [2.45, 2.75) is 32.1 Å². The molecule has 2 aromatic rings. The lowest BCUT2D eigenvalue weighted by molar-refractivity contribution is 0.414. The highest BCUT2D eigenvalue weighted by Crippen LogP contribution is 2.38. The van der Waals surface area contributed by atoms with E-state index in [0.29, 0.717) is 5.92 Å². The summed E-state index contributed by atoms with van der Waals surface area (Å²) in [5.74, 6) is 1.43. The van der Waals surface area contributed by atoms with Crippen LogP contribution in [0.5, 0.6) is 0 Å². The molecule has 0 amide bonds. The molecule has 0 aliphatic heterocycles. The monoisotopic (exact) mass is 201 g/mol. The molecule has 2 heterocycles. The average molecular weight is 201 g/mol. The third kappa shape index (κ3) is 1.16. The standard InChI is InChI=1S/C12H15N3/c1-8-4-3-7-15-11(13)10(14-12(8)15)9-5-2-6-9/h3-4,7,9H,2,5-6,13H2,1H3. The van der Waals surface area contributed by atoms with Gasteiger partial charge in [0.05, 0.1) is 5.69 Å². The van der Waals surface area contributed by atoms with Crippen LogP contribution in [0.3, 0.4) is 0 Å². The molecule has 0 saturated heterocycles. The highest BCUT2D eigenvalue weighted by molar-refractivity contribution is 5.58. The minimum absolute atomic E-state index is 0.601. The Morgan fingerprint density at radius 2 is 2.27 bits per heavy atom. The Labute approximate surface area is 88.9 Å². The molecule has 3 heteroatoms. The molecule has 0 aromatic carbocycles. The second-order valence-corrected chi connectivity index (χ2v) is 4.39. The van der Waals surface area contributed by atoms with Crippen molar-refractivity contribution >= 4 is 11.5 Å². The summed E-state index contributed by atoms with van der Waals surface area (Å²) in [5, 5.41) is 0. The Balaban J connectivity index is 2.23. The Bertz CT molecular complexity index is 509. The molecule has 2 N–H and O–H groups in total. The van der Waals surface area contributed by atoms with Crippen LogP contribution < -0.4 is 5.73 Å². The topological polar surface area (TPSA) is 43.3 Å². The number of imidazole rings is 1. The van der Waals surface area contributed by atoms with Crippen LogP contribution in [0, 0.1) is 6.92 Å². The second kappa shape index (κ2) is 2.99. The van der Waals surface area contributed by atoms with E-state index >= 15 is 0 Å². The van der Waals surface area contributed by atoms with Gasteiger partial charge < -0.3 is 5.73 Å². The van der Waals surface area contributed by atoms with E-state index in [4.69, 9.17) is 5.73 Å². The molecule has 0 bridgehead atoms. The van der Waals surface area contributed by atoms with Gasteiger partial charge >= 0.3 is 0 Å². The number of pyridine rings is 1. The summed E-state index contributed by atoms with van der Waals surface area (Å²) in [5.41, 5.74) is 9.43. The van der Waals surface area contributed by atoms with Crippen LogP contribution in [0.4, 0.5) is 5.82 Å². The maximum Gasteiger partial charge on any atom is 0.141 e. The van der Waals surface area contributed by atoms with Gasteiger partial charge in [-0.05, 0) is 31.4 Å². The molecule has 15 heavy (non-hydrogen) atoms. The molecule has 3 rings (SSSR count). The van der Waals surface area contributed by atoms with Gasteiger partial charge in [-0.3, -0.25) is 4.40 Å². The van der Waals surface area contributed by atoms with E-state index in [9.17, 15) is 0 Å². The Morgan fingerprint density at radius 3 is 2.87 bits per heavy atom. The molecule has 1 aliphatic rings. The molecular formula is C12H15N3. The normalized spacial score (nSPS) is 16.9. The van der Waals surface area contributed by atoms with Gasteiger partial charge in [-0.2, -0.15) is 0 Å². The van der Waals surface area contributed by atoms with E-state index < -0.39 is 0 Å². The molecule has 0 atom stereocenters. The van der Waals surface area contributed by atoms with Gasteiger partial charge in [-0.15, -0.1) is 0 Å². The molecule has 1 saturated carbocycles. The number of hydrogen-bond donors (Lipinski definition) is 1. The van der Waals surface area contributed by atoms with Gasteiger partial charge in [0.25, 0.3) is 0 Å². The van der Waals surface area contributed by atoms with E-state index in [1.54, 1.807) is 0 Å². The average Bonchev–Trinajstić information content (AvgIpc) is 2.45. The summed E-state index contributed by atoms with van der Waals surface area (Å²) in [7, 11) is 0. The van der Waals surface area contributed by atoms with Crippen molar-refractivity contribution in [2.75, 3.05) is 5.73 Å². The largest absolute Gasteiger partial charge is 0.383 e. The first-order chi connectivity index (χ1) is 7.27. The van der Waals surface area contributed by atoms with Crippen molar-refractivity contribution in [3.05, 3.63) is 29.6 Å². The fourth-order valence-electron chi connectivity index (χ4n) is 2.22. The molecule has 0 spiro atoms. The van der Waals surface area contributed by atoms with Crippen LogP contribution in [0.1, 0.15) is 36.4 Å². The highest BCUT2D eigenvalue weighted by Gasteiger charge is 2.25. The fraction of sp³-hybridized carbons (Fsp3) is 0.417. The van der Waals surface area contributed by atoms with Crippen LogP contribution in [-0.4, -0.2) is 9.38 Å². The van der Waals surface area contributed by atoms with Crippen molar-refractivity contribution in [1.82, 2.24) is 9.38 Å². The van der Waals surface area contributed by atoms with E-state index in [1.165, 1.54) is 24.8 Å². The third-order valence-electron chi connectivity index (χ3n) is 3.40. The number of aromatic nitrogens is 2. The first-order valence-electron chi connectivity index (χ1n) is 5.50. The van der Waals surface area contributed by atoms with Crippen LogP contribution in [0.15, 0.2) is 18.3 Å². The maximum absolute atomic E-state index is 6.12. The zero-order chi connectivity index (χ0) is 10.4. The minimum atomic E-state index is 0.601. The smallest absolute Gasteiger partial charge is 0.141 e. The second-order valence-electron chi connectivity index (χ2n) is 4.39. The number of fused-ring (bicyclic) bond motifs is 1. The lowest BCUT2D eigenvalue weighted by Gasteiger charge is -2.23.